The van der Waals surface area contributed by atoms with Gasteiger partial charge in [-0.1, -0.05) is 42.5 Å². The van der Waals surface area contributed by atoms with Crippen molar-refractivity contribution >= 4 is 11.6 Å². The molecule has 1 aliphatic heterocycles. The van der Waals surface area contributed by atoms with Gasteiger partial charge in [0, 0.05) is 49.4 Å². The maximum Gasteiger partial charge on any atom is 0.270 e. The average Bonchev–Trinajstić information content (AvgIpc) is 2.86. The number of morpholine rings is 1. The van der Waals surface area contributed by atoms with Crippen LogP contribution in [0.2, 0.25) is 0 Å². The zero-order valence-corrected chi connectivity index (χ0v) is 19.4. The summed E-state index contributed by atoms with van der Waals surface area (Å²) in [5.41, 5.74) is 4.77. The molecule has 1 N–H and O–H groups in total. The SMILES string of the molecule is Cc1nc(-c2ccccc2)c(C)c(-c2cccc([N+](=O)[O-])c2)c1C(=O)NCCN1CCOCC1. The van der Waals surface area contributed by atoms with Gasteiger partial charge in [-0.3, -0.25) is 24.8 Å². The number of nitrogens with one attached hydrogen (secondary N) is 1. The maximum absolute atomic E-state index is 13.4. The fourth-order valence-electron chi connectivity index (χ4n) is 4.33. The fourth-order valence-corrected chi connectivity index (χ4v) is 4.33. The molecule has 4 rings (SSSR count). The van der Waals surface area contributed by atoms with Crippen molar-refractivity contribution < 1.29 is 14.5 Å². The first-order valence-corrected chi connectivity index (χ1v) is 11.4. The van der Waals surface area contributed by atoms with Gasteiger partial charge in [-0.2, -0.15) is 0 Å². The third-order valence-corrected chi connectivity index (χ3v) is 6.06. The van der Waals surface area contributed by atoms with E-state index in [9.17, 15) is 14.9 Å². The predicted octanol–water partition coefficient (Wildman–Crippen LogP) is 4.00. The van der Waals surface area contributed by atoms with Crippen molar-refractivity contribution in [3.63, 3.8) is 0 Å². The summed E-state index contributed by atoms with van der Waals surface area (Å²) in [4.78, 5) is 31.4. The fraction of sp³-hybridized carbons (Fsp3) is 0.308. The van der Waals surface area contributed by atoms with Crippen LogP contribution in [-0.2, 0) is 4.74 Å². The predicted molar refractivity (Wildman–Crippen MR) is 131 cm³/mol. The lowest BCUT2D eigenvalue weighted by atomic mass is 9.90. The van der Waals surface area contributed by atoms with E-state index in [1.807, 2.05) is 44.2 Å². The summed E-state index contributed by atoms with van der Waals surface area (Å²) in [6, 6.07) is 16.1. The lowest BCUT2D eigenvalue weighted by molar-refractivity contribution is -0.384. The van der Waals surface area contributed by atoms with E-state index in [-0.39, 0.29) is 11.6 Å². The molecular formula is C26H28N4O4. The Morgan fingerprint density at radius 3 is 2.50 bits per heavy atom. The van der Waals surface area contributed by atoms with Gasteiger partial charge in [-0.25, -0.2) is 0 Å². The summed E-state index contributed by atoms with van der Waals surface area (Å²) in [6.45, 7) is 8.04. The number of nitro benzene ring substituents is 1. The number of aromatic nitrogens is 1. The molecule has 0 spiro atoms. The van der Waals surface area contributed by atoms with Crippen molar-refractivity contribution in [2.24, 2.45) is 0 Å². The van der Waals surface area contributed by atoms with E-state index in [0.29, 0.717) is 42.1 Å². The summed E-state index contributed by atoms with van der Waals surface area (Å²) in [7, 11) is 0. The van der Waals surface area contributed by atoms with E-state index >= 15 is 0 Å². The third kappa shape index (κ3) is 5.13. The van der Waals surface area contributed by atoms with Crippen molar-refractivity contribution in [2.45, 2.75) is 13.8 Å². The molecule has 3 aromatic rings. The van der Waals surface area contributed by atoms with Gasteiger partial charge in [-0.15, -0.1) is 0 Å². The minimum atomic E-state index is -0.424. The van der Waals surface area contributed by atoms with Gasteiger partial charge in [0.05, 0.1) is 35.1 Å². The van der Waals surface area contributed by atoms with Crippen LogP contribution in [0, 0.1) is 24.0 Å². The highest BCUT2D eigenvalue weighted by atomic mass is 16.6. The summed E-state index contributed by atoms with van der Waals surface area (Å²) >= 11 is 0. The normalized spacial score (nSPS) is 14.1. The highest BCUT2D eigenvalue weighted by Crippen LogP contribution is 2.36. The molecule has 0 unspecified atom stereocenters. The number of nitro groups is 1. The highest BCUT2D eigenvalue weighted by Gasteiger charge is 2.23. The van der Waals surface area contributed by atoms with E-state index in [0.717, 1.165) is 36.5 Å². The van der Waals surface area contributed by atoms with Crippen LogP contribution in [0.15, 0.2) is 54.6 Å². The molecule has 2 heterocycles. The molecular weight excluding hydrogens is 432 g/mol. The number of carbonyl (C=O) groups is 1. The highest BCUT2D eigenvalue weighted by molar-refractivity contribution is 6.03. The Morgan fingerprint density at radius 2 is 1.79 bits per heavy atom. The Bertz CT molecular complexity index is 1190. The van der Waals surface area contributed by atoms with Crippen molar-refractivity contribution in [2.75, 3.05) is 39.4 Å². The number of rotatable bonds is 7. The minimum Gasteiger partial charge on any atom is -0.379 e. The second kappa shape index (κ2) is 10.5. The Hall–Kier alpha value is -3.62. The molecule has 8 nitrogen and oxygen atoms in total. The number of ether oxygens (including phenoxy) is 1. The van der Waals surface area contributed by atoms with Crippen molar-refractivity contribution in [3.8, 4) is 22.4 Å². The lowest BCUT2D eigenvalue weighted by Crippen LogP contribution is -2.41. The molecule has 0 saturated carbocycles. The molecule has 0 aliphatic carbocycles. The number of carbonyl (C=O) groups excluding carboxylic acids is 1. The van der Waals surface area contributed by atoms with Gasteiger partial charge < -0.3 is 10.1 Å². The molecule has 1 fully saturated rings. The molecule has 1 aromatic heterocycles. The maximum atomic E-state index is 13.4. The number of hydrogen-bond donors (Lipinski definition) is 1. The molecule has 1 aliphatic rings. The average molecular weight is 461 g/mol. The van der Waals surface area contributed by atoms with E-state index in [4.69, 9.17) is 9.72 Å². The van der Waals surface area contributed by atoms with Crippen LogP contribution in [0.3, 0.4) is 0 Å². The molecule has 34 heavy (non-hydrogen) atoms. The van der Waals surface area contributed by atoms with Gasteiger partial charge in [0.2, 0.25) is 0 Å². The molecule has 0 atom stereocenters. The van der Waals surface area contributed by atoms with Crippen LogP contribution in [0.5, 0.6) is 0 Å². The van der Waals surface area contributed by atoms with Crippen LogP contribution in [-0.4, -0.2) is 60.1 Å². The summed E-state index contributed by atoms with van der Waals surface area (Å²) < 4.78 is 5.38. The number of hydrogen-bond acceptors (Lipinski definition) is 6. The van der Waals surface area contributed by atoms with Crippen LogP contribution >= 0.6 is 0 Å². The quantitative estimate of drug-likeness (QED) is 0.423. The molecule has 0 bridgehead atoms. The van der Waals surface area contributed by atoms with E-state index in [1.165, 1.54) is 12.1 Å². The van der Waals surface area contributed by atoms with E-state index < -0.39 is 4.92 Å². The van der Waals surface area contributed by atoms with Crippen LogP contribution in [0.1, 0.15) is 21.6 Å². The molecule has 176 valence electrons. The monoisotopic (exact) mass is 460 g/mol. The zero-order valence-electron chi connectivity index (χ0n) is 19.4. The second-order valence-electron chi connectivity index (χ2n) is 8.30. The van der Waals surface area contributed by atoms with Gasteiger partial charge in [-0.05, 0) is 25.0 Å². The number of pyridine rings is 1. The van der Waals surface area contributed by atoms with Crippen LogP contribution < -0.4 is 5.32 Å². The number of benzene rings is 2. The number of nitrogens with zero attached hydrogens (tertiary/aromatic N) is 3. The topological polar surface area (TPSA) is 97.6 Å². The zero-order chi connectivity index (χ0) is 24.1. The van der Waals surface area contributed by atoms with Crippen LogP contribution in [0.4, 0.5) is 5.69 Å². The molecule has 8 heteroatoms. The van der Waals surface area contributed by atoms with E-state index in [1.54, 1.807) is 12.1 Å². The Morgan fingerprint density at radius 1 is 1.09 bits per heavy atom. The Balaban J connectivity index is 1.74. The molecule has 1 saturated heterocycles. The summed E-state index contributed by atoms with van der Waals surface area (Å²) in [6.07, 6.45) is 0. The van der Waals surface area contributed by atoms with Gasteiger partial charge in [0.15, 0.2) is 0 Å². The summed E-state index contributed by atoms with van der Waals surface area (Å²) in [5.74, 6) is -0.234. The van der Waals surface area contributed by atoms with Crippen molar-refractivity contribution in [1.82, 2.24) is 15.2 Å². The number of amides is 1. The Labute approximate surface area is 198 Å². The minimum absolute atomic E-state index is 0.0219. The molecule has 2 aromatic carbocycles. The third-order valence-electron chi connectivity index (χ3n) is 6.06. The molecule has 1 amide bonds. The van der Waals surface area contributed by atoms with Gasteiger partial charge in [0.25, 0.3) is 11.6 Å². The van der Waals surface area contributed by atoms with Gasteiger partial charge >= 0.3 is 0 Å². The van der Waals surface area contributed by atoms with Gasteiger partial charge in [0.1, 0.15) is 0 Å². The second-order valence-corrected chi connectivity index (χ2v) is 8.30. The van der Waals surface area contributed by atoms with Crippen molar-refractivity contribution in [3.05, 3.63) is 81.5 Å². The molecule has 0 radical (unpaired) electrons. The number of non-ortho nitro benzene ring substituents is 1. The Kier molecular flexibility index (Phi) is 7.30. The van der Waals surface area contributed by atoms with E-state index in [2.05, 4.69) is 10.2 Å². The standard InChI is InChI=1S/C26H28N4O4/c1-18-23(21-9-6-10-22(17-21)30(32)33)24(19(2)28-25(18)20-7-4-3-5-8-20)26(31)27-11-12-29-13-15-34-16-14-29/h3-10,17H,11-16H2,1-2H3,(H,27,31). The summed E-state index contributed by atoms with van der Waals surface area (Å²) in [5, 5.41) is 14.5. The smallest absolute Gasteiger partial charge is 0.270 e. The first-order valence-electron chi connectivity index (χ1n) is 11.4. The van der Waals surface area contributed by atoms with Crippen LogP contribution in [0.25, 0.3) is 22.4 Å². The first-order chi connectivity index (χ1) is 16.5. The lowest BCUT2D eigenvalue weighted by Gasteiger charge is -2.26. The first kappa shape index (κ1) is 23.5. The van der Waals surface area contributed by atoms with Crippen molar-refractivity contribution in [1.29, 1.82) is 0 Å². The largest absolute Gasteiger partial charge is 0.379 e. The number of aryl methyl sites for hydroxylation is 1.